The highest BCUT2D eigenvalue weighted by molar-refractivity contribution is 7.15. The van der Waals surface area contributed by atoms with Crippen molar-refractivity contribution >= 4 is 22.4 Å². The maximum atomic E-state index is 12.2. The van der Waals surface area contributed by atoms with Crippen LogP contribution < -0.4 is 5.32 Å². The lowest BCUT2D eigenvalue weighted by Gasteiger charge is -2.34. The Kier molecular flexibility index (Phi) is 5.61. The predicted molar refractivity (Wildman–Crippen MR) is 90.8 cm³/mol. The van der Waals surface area contributed by atoms with E-state index in [1.165, 1.54) is 43.4 Å². The van der Waals surface area contributed by atoms with Gasteiger partial charge in [0, 0.05) is 19.0 Å². The molecule has 128 valence electrons. The molecule has 1 aromatic rings. The summed E-state index contributed by atoms with van der Waals surface area (Å²) in [5.41, 5.74) is 0. The number of rotatable bonds is 4. The van der Waals surface area contributed by atoms with Gasteiger partial charge in [-0.15, -0.1) is 10.2 Å². The molecule has 0 spiro atoms. The van der Waals surface area contributed by atoms with Crippen LogP contribution in [0.4, 0.5) is 5.13 Å². The van der Waals surface area contributed by atoms with Crippen molar-refractivity contribution in [1.29, 1.82) is 0 Å². The average Bonchev–Trinajstić information content (AvgIpc) is 2.95. The first-order valence-corrected chi connectivity index (χ1v) is 9.43. The maximum Gasteiger partial charge on any atom is 0.240 e. The first-order chi connectivity index (χ1) is 11.1. The molecule has 2 heterocycles. The third-order valence-corrected chi connectivity index (χ3v) is 5.51. The minimum Gasteiger partial charge on any atom is -0.373 e. The Morgan fingerprint density at radius 3 is 2.61 bits per heavy atom. The Labute approximate surface area is 141 Å². The number of carbonyl (C=O) groups excluding carboxylic acids is 1. The van der Waals surface area contributed by atoms with Crippen LogP contribution in [-0.4, -0.2) is 52.8 Å². The summed E-state index contributed by atoms with van der Waals surface area (Å²) in [5, 5.41) is 13.0. The SMILES string of the molecule is C[C@H]1CN(CC(=O)Nc2nnc(C3CCCCC3)s2)C[C@H](C)O1. The molecule has 1 amide bonds. The van der Waals surface area contributed by atoms with Crippen molar-refractivity contribution in [2.24, 2.45) is 0 Å². The van der Waals surface area contributed by atoms with Crippen LogP contribution in [0.1, 0.15) is 56.9 Å². The van der Waals surface area contributed by atoms with Gasteiger partial charge in [0.15, 0.2) is 0 Å². The summed E-state index contributed by atoms with van der Waals surface area (Å²) in [6, 6.07) is 0. The third-order valence-electron chi connectivity index (χ3n) is 4.50. The molecular formula is C16H26N4O2S. The molecule has 2 aliphatic rings. The van der Waals surface area contributed by atoms with E-state index in [1.54, 1.807) is 0 Å². The van der Waals surface area contributed by atoms with Gasteiger partial charge < -0.3 is 4.74 Å². The van der Waals surface area contributed by atoms with Gasteiger partial charge >= 0.3 is 0 Å². The first-order valence-electron chi connectivity index (χ1n) is 8.61. The van der Waals surface area contributed by atoms with Crippen LogP contribution in [0.15, 0.2) is 0 Å². The molecule has 0 aromatic carbocycles. The van der Waals surface area contributed by atoms with Gasteiger partial charge in [-0.2, -0.15) is 0 Å². The Bertz CT molecular complexity index is 520. The zero-order valence-corrected chi connectivity index (χ0v) is 14.8. The van der Waals surface area contributed by atoms with Crippen LogP contribution in [0.2, 0.25) is 0 Å². The summed E-state index contributed by atoms with van der Waals surface area (Å²) < 4.78 is 5.69. The molecule has 6 nitrogen and oxygen atoms in total. The fourth-order valence-corrected chi connectivity index (χ4v) is 4.50. The molecule has 2 atom stereocenters. The Morgan fingerprint density at radius 1 is 1.22 bits per heavy atom. The minimum atomic E-state index is -0.0161. The summed E-state index contributed by atoms with van der Waals surface area (Å²) >= 11 is 1.53. The van der Waals surface area contributed by atoms with Crippen molar-refractivity contribution in [3.63, 3.8) is 0 Å². The lowest BCUT2D eigenvalue weighted by molar-refractivity contribution is -0.121. The van der Waals surface area contributed by atoms with Gasteiger partial charge in [-0.05, 0) is 26.7 Å². The molecule has 0 unspecified atom stereocenters. The van der Waals surface area contributed by atoms with Crippen molar-refractivity contribution in [3.05, 3.63) is 5.01 Å². The number of nitrogens with zero attached hydrogens (tertiary/aromatic N) is 3. The van der Waals surface area contributed by atoms with Gasteiger partial charge in [-0.25, -0.2) is 0 Å². The number of ether oxygens (including phenoxy) is 1. The molecule has 1 N–H and O–H groups in total. The monoisotopic (exact) mass is 338 g/mol. The summed E-state index contributed by atoms with van der Waals surface area (Å²) in [6.45, 7) is 6.06. The quantitative estimate of drug-likeness (QED) is 0.914. The number of hydrogen-bond acceptors (Lipinski definition) is 6. The van der Waals surface area contributed by atoms with E-state index in [-0.39, 0.29) is 18.1 Å². The van der Waals surface area contributed by atoms with Gasteiger partial charge in [0.05, 0.1) is 18.8 Å². The van der Waals surface area contributed by atoms with Crippen LogP contribution >= 0.6 is 11.3 Å². The van der Waals surface area contributed by atoms with Crippen LogP contribution in [0, 0.1) is 0 Å². The molecule has 1 saturated heterocycles. The highest BCUT2D eigenvalue weighted by Crippen LogP contribution is 2.35. The highest BCUT2D eigenvalue weighted by atomic mass is 32.1. The standard InChI is InChI=1S/C16H26N4O2S/c1-11-8-20(9-12(2)22-11)10-14(21)17-16-19-18-15(23-16)13-6-4-3-5-7-13/h11-13H,3-10H2,1-2H3,(H,17,19,21)/t11-,12-/m0/s1. The zero-order valence-electron chi connectivity index (χ0n) is 14.0. The number of amides is 1. The van der Waals surface area contributed by atoms with Crippen LogP contribution in [0.5, 0.6) is 0 Å². The summed E-state index contributed by atoms with van der Waals surface area (Å²) in [4.78, 5) is 14.4. The van der Waals surface area contributed by atoms with Crippen molar-refractivity contribution in [1.82, 2.24) is 15.1 Å². The second-order valence-corrected chi connectivity index (χ2v) is 7.79. The molecule has 2 fully saturated rings. The molecule has 1 aliphatic heterocycles. The highest BCUT2D eigenvalue weighted by Gasteiger charge is 2.24. The van der Waals surface area contributed by atoms with E-state index < -0.39 is 0 Å². The number of aromatic nitrogens is 2. The van der Waals surface area contributed by atoms with Gasteiger partial charge in [-0.1, -0.05) is 30.6 Å². The van der Waals surface area contributed by atoms with Gasteiger partial charge in [0.25, 0.3) is 0 Å². The van der Waals surface area contributed by atoms with E-state index in [0.29, 0.717) is 17.6 Å². The molecular weight excluding hydrogens is 312 g/mol. The number of anilines is 1. The number of nitrogens with one attached hydrogen (secondary N) is 1. The number of carbonyl (C=O) groups is 1. The zero-order chi connectivity index (χ0) is 16.2. The van der Waals surface area contributed by atoms with Crippen molar-refractivity contribution in [2.75, 3.05) is 25.0 Å². The van der Waals surface area contributed by atoms with E-state index in [1.807, 2.05) is 13.8 Å². The molecule has 1 saturated carbocycles. The fourth-order valence-electron chi connectivity index (χ4n) is 3.57. The Morgan fingerprint density at radius 2 is 1.91 bits per heavy atom. The van der Waals surface area contributed by atoms with Gasteiger partial charge in [0.2, 0.25) is 11.0 Å². The minimum absolute atomic E-state index is 0.0161. The third kappa shape index (κ3) is 4.71. The number of hydrogen-bond donors (Lipinski definition) is 1. The molecule has 0 radical (unpaired) electrons. The lowest BCUT2D eigenvalue weighted by atomic mass is 9.90. The molecule has 23 heavy (non-hydrogen) atoms. The van der Waals surface area contributed by atoms with E-state index >= 15 is 0 Å². The van der Waals surface area contributed by atoms with Crippen LogP contribution in [0.25, 0.3) is 0 Å². The topological polar surface area (TPSA) is 67.4 Å². The molecule has 0 bridgehead atoms. The second kappa shape index (κ2) is 7.68. The smallest absolute Gasteiger partial charge is 0.240 e. The molecule has 1 aliphatic carbocycles. The molecule has 1 aromatic heterocycles. The normalized spacial score (nSPS) is 27.0. The molecule has 7 heteroatoms. The second-order valence-electron chi connectivity index (χ2n) is 6.78. The Balaban J connectivity index is 1.50. The lowest BCUT2D eigenvalue weighted by Crippen LogP contribution is -2.48. The van der Waals surface area contributed by atoms with Gasteiger partial charge in [-0.3, -0.25) is 15.0 Å². The largest absolute Gasteiger partial charge is 0.373 e. The van der Waals surface area contributed by atoms with Crippen molar-refractivity contribution < 1.29 is 9.53 Å². The average molecular weight is 338 g/mol. The van der Waals surface area contributed by atoms with Gasteiger partial charge in [0.1, 0.15) is 5.01 Å². The van der Waals surface area contributed by atoms with E-state index in [2.05, 4.69) is 20.4 Å². The summed E-state index contributed by atoms with van der Waals surface area (Å²) in [7, 11) is 0. The first kappa shape index (κ1) is 16.8. The van der Waals surface area contributed by atoms with Crippen molar-refractivity contribution in [2.45, 2.75) is 64.1 Å². The van der Waals surface area contributed by atoms with E-state index in [9.17, 15) is 4.79 Å². The van der Waals surface area contributed by atoms with E-state index in [0.717, 1.165) is 18.1 Å². The Hall–Kier alpha value is -1.05. The fraction of sp³-hybridized carbons (Fsp3) is 0.812. The summed E-state index contributed by atoms with van der Waals surface area (Å²) in [6.07, 6.45) is 6.63. The molecule has 3 rings (SSSR count). The summed E-state index contributed by atoms with van der Waals surface area (Å²) in [5.74, 6) is 0.519. The van der Waals surface area contributed by atoms with Crippen LogP contribution in [-0.2, 0) is 9.53 Å². The predicted octanol–water partition coefficient (Wildman–Crippen LogP) is 2.63. The maximum absolute atomic E-state index is 12.2. The van der Waals surface area contributed by atoms with E-state index in [4.69, 9.17) is 4.74 Å². The van der Waals surface area contributed by atoms with Crippen LogP contribution in [0.3, 0.4) is 0 Å². The number of morpholine rings is 1. The van der Waals surface area contributed by atoms with Crippen molar-refractivity contribution in [3.8, 4) is 0 Å².